The van der Waals surface area contributed by atoms with E-state index < -0.39 is 0 Å². The Labute approximate surface area is 223 Å². The number of H-pyrrole nitrogens is 1. The number of Topliss-reactive ketones (excluding diaryl/α,β-unsaturated/α-hetero) is 1. The first-order chi connectivity index (χ1) is 18.4. The maximum atomic E-state index is 13.5. The second kappa shape index (κ2) is 11.5. The number of carbonyl (C=O) groups excluding carboxylic acids is 2. The topological polar surface area (TPSA) is 122 Å². The van der Waals surface area contributed by atoms with Crippen LogP contribution in [0.5, 0.6) is 0 Å². The molecule has 4 heterocycles. The zero-order chi connectivity index (χ0) is 26.6. The van der Waals surface area contributed by atoms with Crippen LogP contribution in [0, 0.1) is 11.7 Å². The fourth-order valence-electron chi connectivity index (χ4n) is 4.94. The van der Waals surface area contributed by atoms with Gasteiger partial charge in [0.05, 0.1) is 49.1 Å². The highest BCUT2D eigenvalue weighted by Crippen LogP contribution is 2.24. The summed E-state index contributed by atoms with van der Waals surface area (Å²) in [5.41, 5.74) is 7.45. The molecule has 5 rings (SSSR count). The molecule has 38 heavy (non-hydrogen) atoms. The Morgan fingerprint density at radius 1 is 1.16 bits per heavy atom. The number of nitrogens with one attached hydrogen (secondary N) is 1. The number of aromatic nitrogens is 2. The molecule has 11 heteroatoms. The summed E-state index contributed by atoms with van der Waals surface area (Å²) in [5, 5.41) is 0.667. The van der Waals surface area contributed by atoms with E-state index in [0.29, 0.717) is 67.5 Å². The van der Waals surface area contributed by atoms with Crippen molar-refractivity contribution in [2.24, 2.45) is 5.92 Å². The molecule has 3 N–H and O–H groups in total. The average Bonchev–Trinajstić information content (AvgIpc) is 3.33. The van der Waals surface area contributed by atoms with Crippen molar-refractivity contribution in [3.63, 3.8) is 0 Å². The number of hydrogen-bond donors (Lipinski definition) is 2. The lowest BCUT2D eigenvalue weighted by molar-refractivity contribution is -0.134. The van der Waals surface area contributed by atoms with Crippen molar-refractivity contribution in [3.8, 4) is 0 Å². The maximum absolute atomic E-state index is 13.5. The van der Waals surface area contributed by atoms with E-state index in [-0.39, 0.29) is 48.7 Å². The summed E-state index contributed by atoms with van der Waals surface area (Å²) in [6.45, 7) is 2.69. The minimum absolute atomic E-state index is 0.0146. The van der Waals surface area contributed by atoms with Crippen molar-refractivity contribution in [2.45, 2.75) is 39.0 Å². The van der Waals surface area contributed by atoms with Gasteiger partial charge in [-0.3, -0.25) is 19.3 Å². The van der Waals surface area contributed by atoms with Crippen LogP contribution in [0.15, 0.2) is 41.2 Å². The van der Waals surface area contributed by atoms with Crippen LogP contribution in [0.25, 0.3) is 0 Å². The SMILES string of the molecule is Nc1ccc(CN(Cc2nc3c(c(=O)[nH]2)COCC3)C(=O)CN2CCC(C(=O)c3ccc(F)cc3)CC2)s1. The largest absolute Gasteiger partial charge is 0.391 e. The van der Waals surface area contributed by atoms with Crippen molar-refractivity contribution in [3.05, 3.63) is 80.1 Å². The van der Waals surface area contributed by atoms with E-state index in [2.05, 4.69) is 9.97 Å². The number of aromatic amines is 1. The molecule has 0 atom stereocenters. The summed E-state index contributed by atoms with van der Waals surface area (Å²) in [6, 6.07) is 9.35. The summed E-state index contributed by atoms with van der Waals surface area (Å²) >= 11 is 1.42. The zero-order valence-electron chi connectivity index (χ0n) is 21.0. The molecule has 200 valence electrons. The summed E-state index contributed by atoms with van der Waals surface area (Å²) in [6.07, 6.45) is 1.83. The first kappa shape index (κ1) is 26.2. The second-order valence-electron chi connectivity index (χ2n) is 9.72. The molecule has 2 aliphatic heterocycles. The van der Waals surface area contributed by atoms with E-state index >= 15 is 0 Å². The van der Waals surface area contributed by atoms with Gasteiger partial charge in [-0.15, -0.1) is 11.3 Å². The minimum Gasteiger partial charge on any atom is -0.391 e. The van der Waals surface area contributed by atoms with Crippen LogP contribution in [0.1, 0.15) is 45.2 Å². The summed E-state index contributed by atoms with van der Waals surface area (Å²) in [7, 11) is 0. The van der Waals surface area contributed by atoms with Gasteiger partial charge in [0.15, 0.2) is 5.78 Å². The van der Waals surface area contributed by atoms with Crippen molar-refractivity contribution >= 4 is 28.0 Å². The van der Waals surface area contributed by atoms with Crippen molar-refractivity contribution in [1.29, 1.82) is 0 Å². The number of fused-ring (bicyclic) bond motifs is 1. The molecule has 2 aliphatic rings. The van der Waals surface area contributed by atoms with Crippen molar-refractivity contribution < 1.29 is 18.7 Å². The predicted molar refractivity (Wildman–Crippen MR) is 141 cm³/mol. The maximum Gasteiger partial charge on any atom is 0.256 e. The number of ether oxygens (including phenoxy) is 1. The molecule has 1 fully saturated rings. The first-order valence-electron chi connectivity index (χ1n) is 12.7. The van der Waals surface area contributed by atoms with Gasteiger partial charge in [-0.05, 0) is 62.3 Å². The molecule has 9 nitrogen and oxygen atoms in total. The Hall–Kier alpha value is -3.41. The quantitative estimate of drug-likeness (QED) is 0.422. The lowest BCUT2D eigenvalue weighted by atomic mass is 9.89. The minimum atomic E-state index is -0.367. The standard InChI is InChI=1S/C27H30FN5O4S/c28-19-3-1-17(2-4-19)26(35)18-7-10-32(11-8-18)15-25(34)33(13-20-5-6-23(29)38-20)14-24-30-22-9-12-37-16-21(22)27(36)31-24/h1-6,18H,7-16,29H2,(H,30,31,36). The highest BCUT2D eigenvalue weighted by atomic mass is 32.1. The van der Waals surface area contributed by atoms with Gasteiger partial charge in [-0.1, -0.05) is 0 Å². The molecule has 2 aromatic heterocycles. The van der Waals surface area contributed by atoms with E-state index in [0.717, 1.165) is 10.6 Å². The highest BCUT2D eigenvalue weighted by Gasteiger charge is 2.28. The number of thiophene rings is 1. The average molecular weight is 540 g/mol. The van der Waals surface area contributed by atoms with Gasteiger partial charge in [0.2, 0.25) is 5.91 Å². The summed E-state index contributed by atoms with van der Waals surface area (Å²) in [5.74, 6) is -0.152. The molecule has 0 aliphatic carbocycles. The number of hydrogen-bond acceptors (Lipinski definition) is 8. The fraction of sp³-hybridized carbons (Fsp3) is 0.407. The highest BCUT2D eigenvalue weighted by molar-refractivity contribution is 7.15. The van der Waals surface area contributed by atoms with Gasteiger partial charge < -0.3 is 20.4 Å². The molecule has 1 aromatic carbocycles. The zero-order valence-corrected chi connectivity index (χ0v) is 21.8. The van der Waals surface area contributed by atoms with E-state index in [4.69, 9.17) is 10.5 Å². The third-order valence-corrected chi connectivity index (χ3v) is 7.95. The normalized spacial score (nSPS) is 16.2. The van der Waals surface area contributed by atoms with E-state index in [9.17, 15) is 18.8 Å². The van der Waals surface area contributed by atoms with Crippen LogP contribution in [0.4, 0.5) is 9.39 Å². The van der Waals surface area contributed by atoms with Gasteiger partial charge >= 0.3 is 0 Å². The molecule has 0 radical (unpaired) electrons. The molecule has 0 saturated carbocycles. The number of nitrogen functional groups attached to an aromatic ring is 1. The molecule has 0 bridgehead atoms. The van der Waals surface area contributed by atoms with Crippen LogP contribution < -0.4 is 11.3 Å². The fourth-order valence-corrected chi connectivity index (χ4v) is 5.74. The van der Waals surface area contributed by atoms with Gasteiger partial charge in [0, 0.05) is 22.8 Å². The summed E-state index contributed by atoms with van der Waals surface area (Å²) in [4.78, 5) is 51.0. The van der Waals surface area contributed by atoms with Crippen LogP contribution in [0.2, 0.25) is 0 Å². The Kier molecular flexibility index (Phi) is 7.96. The number of nitrogens with zero attached hydrogens (tertiary/aromatic N) is 3. The smallest absolute Gasteiger partial charge is 0.256 e. The third-order valence-electron chi connectivity index (χ3n) is 7.05. The van der Waals surface area contributed by atoms with Gasteiger partial charge in [0.25, 0.3) is 5.56 Å². The van der Waals surface area contributed by atoms with Gasteiger partial charge in [-0.25, -0.2) is 9.37 Å². The predicted octanol–water partition coefficient (Wildman–Crippen LogP) is 2.75. The molecule has 1 saturated heterocycles. The number of amides is 1. The van der Waals surface area contributed by atoms with Gasteiger partial charge in [-0.2, -0.15) is 0 Å². The number of carbonyl (C=O) groups is 2. The van der Waals surface area contributed by atoms with E-state index in [1.54, 1.807) is 4.90 Å². The number of halogens is 1. The number of ketones is 1. The molecular weight excluding hydrogens is 509 g/mol. The lowest BCUT2D eigenvalue weighted by Crippen LogP contribution is -2.44. The second-order valence-corrected chi connectivity index (χ2v) is 10.9. The molecule has 0 unspecified atom stereocenters. The van der Waals surface area contributed by atoms with E-state index in [1.807, 2.05) is 17.0 Å². The van der Waals surface area contributed by atoms with E-state index in [1.165, 1.54) is 35.6 Å². The first-order valence-corrected chi connectivity index (χ1v) is 13.5. The summed E-state index contributed by atoms with van der Waals surface area (Å²) < 4.78 is 18.6. The lowest BCUT2D eigenvalue weighted by Gasteiger charge is -2.32. The Bertz CT molecular complexity index is 1360. The van der Waals surface area contributed by atoms with Crippen LogP contribution in [-0.2, 0) is 35.6 Å². The Morgan fingerprint density at radius 3 is 2.63 bits per heavy atom. The molecule has 0 spiro atoms. The van der Waals surface area contributed by atoms with Crippen LogP contribution >= 0.6 is 11.3 Å². The van der Waals surface area contributed by atoms with Crippen molar-refractivity contribution in [2.75, 3.05) is 32.0 Å². The number of piperidine rings is 1. The number of nitrogens with two attached hydrogens (primary N) is 1. The number of rotatable bonds is 8. The van der Waals surface area contributed by atoms with Crippen molar-refractivity contribution in [1.82, 2.24) is 19.8 Å². The number of benzene rings is 1. The Balaban J connectivity index is 1.24. The monoisotopic (exact) mass is 539 g/mol. The van der Waals surface area contributed by atoms with Crippen LogP contribution in [-0.4, -0.2) is 57.7 Å². The molecule has 1 amide bonds. The number of likely N-dealkylation sites (tertiary alicyclic amines) is 1. The number of anilines is 1. The molecular formula is C27H30FN5O4S. The van der Waals surface area contributed by atoms with Gasteiger partial charge in [0.1, 0.15) is 11.6 Å². The van der Waals surface area contributed by atoms with Crippen LogP contribution in [0.3, 0.4) is 0 Å². The Morgan fingerprint density at radius 2 is 1.92 bits per heavy atom. The third kappa shape index (κ3) is 6.17. The molecule has 3 aromatic rings.